The van der Waals surface area contributed by atoms with Crippen molar-refractivity contribution in [2.75, 3.05) is 0 Å². The first-order valence-corrected chi connectivity index (χ1v) is 5.62. The van der Waals surface area contributed by atoms with Crippen LogP contribution in [0.3, 0.4) is 0 Å². The molecule has 0 bridgehead atoms. The van der Waals surface area contributed by atoms with Crippen LogP contribution in [0, 0.1) is 12.7 Å². The number of halogens is 1. The SMILES string of the molecule is Cc1cccc(/C(N)=N/O)c1Oc1ccc(F)cc1. The van der Waals surface area contributed by atoms with Gasteiger partial charge in [0.15, 0.2) is 5.84 Å². The van der Waals surface area contributed by atoms with Gasteiger partial charge in [0.05, 0.1) is 5.56 Å². The Morgan fingerprint density at radius 2 is 1.89 bits per heavy atom. The summed E-state index contributed by atoms with van der Waals surface area (Å²) < 4.78 is 18.5. The fourth-order valence-electron chi connectivity index (χ4n) is 1.66. The summed E-state index contributed by atoms with van der Waals surface area (Å²) in [5.74, 6) is 0.571. The van der Waals surface area contributed by atoms with Crippen molar-refractivity contribution in [3.05, 3.63) is 59.4 Å². The van der Waals surface area contributed by atoms with Crippen molar-refractivity contribution < 1.29 is 14.3 Å². The van der Waals surface area contributed by atoms with Gasteiger partial charge >= 0.3 is 0 Å². The van der Waals surface area contributed by atoms with Gasteiger partial charge in [0.2, 0.25) is 0 Å². The predicted molar refractivity (Wildman–Crippen MR) is 70.2 cm³/mol. The minimum absolute atomic E-state index is 0.0409. The number of benzene rings is 2. The van der Waals surface area contributed by atoms with Crippen molar-refractivity contribution in [1.82, 2.24) is 0 Å². The molecule has 0 aliphatic rings. The second-order valence-corrected chi connectivity index (χ2v) is 3.99. The van der Waals surface area contributed by atoms with Crippen LogP contribution in [0.4, 0.5) is 4.39 Å². The highest BCUT2D eigenvalue weighted by Crippen LogP contribution is 2.29. The molecular formula is C14H13FN2O2. The highest BCUT2D eigenvalue weighted by molar-refractivity contribution is 6.00. The van der Waals surface area contributed by atoms with Gasteiger partial charge in [-0.25, -0.2) is 4.39 Å². The molecule has 0 aliphatic carbocycles. The molecular weight excluding hydrogens is 247 g/mol. The lowest BCUT2D eigenvalue weighted by Crippen LogP contribution is -2.14. The van der Waals surface area contributed by atoms with E-state index in [-0.39, 0.29) is 11.7 Å². The second-order valence-electron chi connectivity index (χ2n) is 3.99. The molecule has 0 radical (unpaired) electrons. The van der Waals surface area contributed by atoms with E-state index >= 15 is 0 Å². The van der Waals surface area contributed by atoms with E-state index in [4.69, 9.17) is 15.7 Å². The van der Waals surface area contributed by atoms with Gasteiger partial charge in [-0.15, -0.1) is 0 Å². The first-order valence-electron chi connectivity index (χ1n) is 5.62. The number of hydrogen-bond donors (Lipinski definition) is 2. The average molecular weight is 260 g/mol. The summed E-state index contributed by atoms with van der Waals surface area (Å²) in [5.41, 5.74) is 6.91. The Labute approximate surface area is 109 Å². The molecule has 2 aromatic carbocycles. The molecule has 0 aromatic heterocycles. The summed E-state index contributed by atoms with van der Waals surface area (Å²) in [6.45, 7) is 1.84. The smallest absolute Gasteiger partial charge is 0.173 e. The largest absolute Gasteiger partial charge is 0.456 e. The van der Waals surface area contributed by atoms with Crippen molar-refractivity contribution in [2.24, 2.45) is 10.9 Å². The van der Waals surface area contributed by atoms with Crippen LogP contribution in [0.5, 0.6) is 11.5 Å². The number of amidine groups is 1. The number of oxime groups is 1. The van der Waals surface area contributed by atoms with Gasteiger partial charge in [-0.1, -0.05) is 17.3 Å². The lowest BCUT2D eigenvalue weighted by atomic mass is 10.1. The zero-order valence-electron chi connectivity index (χ0n) is 10.3. The van der Waals surface area contributed by atoms with Crippen LogP contribution in [0.2, 0.25) is 0 Å². The van der Waals surface area contributed by atoms with Gasteiger partial charge < -0.3 is 15.7 Å². The van der Waals surface area contributed by atoms with Gasteiger partial charge in [-0.3, -0.25) is 0 Å². The minimum Gasteiger partial charge on any atom is -0.456 e. The monoisotopic (exact) mass is 260 g/mol. The maximum atomic E-state index is 12.8. The Kier molecular flexibility index (Phi) is 3.66. The summed E-state index contributed by atoms with van der Waals surface area (Å²) in [6.07, 6.45) is 0. The van der Waals surface area contributed by atoms with Crippen molar-refractivity contribution in [3.63, 3.8) is 0 Å². The molecule has 3 N–H and O–H groups in total. The molecule has 19 heavy (non-hydrogen) atoms. The fraction of sp³-hybridized carbons (Fsp3) is 0.0714. The average Bonchev–Trinajstić information content (AvgIpc) is 2.42. The molecule has 0 spiro atoms. The number of ether oxygens (including phenoxy) is 1. The Hall–Kier alpha value is -2.56. The van der Waals surface area contributed by atoms with E-state index in [0.29, 0.717) is 17.1 Å². The maximum absolute atomic E-state index is 12.8. The van der Waals surface area contributed by atoms with Crippen molar-refractivity contribution >= 4 is 5.84 Å². The molecule has 0 unspecified atom stereocenters. The van der Waals surface area contributed by atoms with Crippen LogP contribution in [0.25, 0.3) is 0 Å². The topological polar surface area (TPSA) is 67.8 Å². The minimum atomic E-state index is -0.339. The molecule has 2 aromatic rings. The quantitative estimate of drug-likeness (QED) is 0.386. The van der Waals surface area contributed by atoms with Crippen LogP contribution in [-0.4, -0.2) is 11.0 Å². The third-order valence-electron chi connectivity index (χ3n) is 2.63. The summed E-state index contributed by atoms with van der Waals surface area (Å²) in [4.78, 5) is 0. The summed E-state index contributed by atoms with van der Waals surface area (Å²) in [7, 11) is 0. The molecule has 0 aliphatic heterocycles. The van der Waals surface area contributed by atoms with Gasteiger partial charge in [-0.05, 0) is 42.8 Å². The van der Waals surface area contributed by atoms with Crippen molar-refractivity contribution in [2.45, 2.75) is 6.92 Å². The number of aryl methyl sites for hydroxylation is 1. The van der Waals surface area contributed by atoms with E-state index < -0.39 is 0 Å². The number of nitrogens with two attached hydrogens (primary N) is 1. The van der Waals surface area contributed by atoms with Crippen LogP contribution < -0.4 is 10.5 Å². The Bertz CT molecular complexity index is 609. The normalized spacial score (nSPS) is 11.4. The molecule has 0 fully saturated rings. The van der Waals surface area contributed by atoms with Gasteiger partial charge in [0, 0.05) is 0 Å². The third-order valence-corrected chi connectivity index (χ3v) is 2.63. The molecule has 0 atom stereocenters. The molecule has 98 valence electrons. The lowest BCUT2D eigenvalue weighted by Gasteiger charge is -2.12. The Morgan fingerprint density at radius 3 is 2.53 bits per heavy atom. The number of para-hydroxylation sites is 1. The summed E-state index contributed by atoms with van der Waals surface area (Å²) in [6, 6.07) is 10.9. The molecule has 0 amide bonds. The van der Waals surface area contributed by atoms with Crippen molar-refractivity contribution in [1.29, 1.82) is 0 Å². The highest BCUT2D eigenvalue weighted by atomic mass is 19.1. The molecule has 0 saturated carbocycles. The van der Waals surface area contributed by atoms with E-state index in [1.54, 1.807) is 12.1 Å². The number of hydrogen-bond acceptors (Lipinski definition) is 3. The van der Waals surface area contributed by atoms with Crippen LogP contribution in [0.15, 0.2) is 47.6 Å². The van der Waals surface area contributed by atoms with Crippen molar-refractivity contribution in [3.8, 4) is 11.5 Å². The van der Waals surface area contributed by atoms with E-state index in [1.165, 1.54) is 24.3 Å². The molecule has 5 heteroatoms. The number of rotatable bonds is 3. The second kappa shape index (κ2) is 5.39. The van der Waals surface area contributed by atoms with Gasteiger partial charge in [-0.2, -0.15) is 0 Å². The lowest BCUT2D eigenvalue weighted by molar-refractivity contribution is 0.318. The first kappa shape index (κ1) is 12.9. The third kappa shape index (κ3) is 2.82. The molecule has 2 rings (SSSR count). The van der Waals surface area contributed by atoms with E-state index in [0.717, 1.165) is 5.56 Å². The zero-order valence-corrected chi connectivity index (χ0v) is 10.3. The van der Waals surface area contributed by atoms with Gasteiger partial charge in [0.1, 0.15) is 17.3 Å². The Balaban J connectivity index is 2.41. The van der Waals surface area contributed by atoms with E-state index in [1.807, 2.05) is 13.0 Å². The van der Waals surface area contributed by atoms with Crippen LogP contribution >= 0.6 is 0 Å². The van der Waals surface area contributed by atoms with Gasteiger partial charge in [0.25, 0.3) is 0 Å². The maximum Gasteiger partial charge on any atom is 0.173 e. The van der Waals surface area contributed by atoms with E-state index in [9.17, 15) is 4.39 Å². The number of nitrogens with zero attached hydrogens (tertiary/aromatic N) is 1. The summed E-state index contributed by atoms with van der Waals surface area (Å²) >= 11 is 0. The highest BCUT2D eigenvalue weighted by Gasteiger charge is 2.11. The van der Waals surface area contributed by atoms with E-state index in [2.05, 4.69) is 5.16 Å². The summed E-state index contributed by atoms with van der Waals surface area (Å²) in [5, 5.41) is 11.7. The first-order chi connectivity index (χ1) is 9.11. The molecule has 0 heterocycles. The predicted octanol–water partition coefficient (Wildman–Crippen LogP) is 3.02. The molecule has 0 saturated heterocycles. The molecule has 4 nitrogen and oxygen atoms in total. The van der Waals surface area contributed by atoms with Crippen LogP contribution in [-0.2, 0) is 0 Å². The Morgan fingerprint density at radius 1 is 1.21 bits per heavy atom. The zero-order chi connectivity index (χ0) is 13.8. The standard InChI is InChI=1S/C14H13FN2O2/c1-9-3-2-4-12(14(16)17-18)13(9)19-11-7-5-10(15)6-8-11/h2-8,18H,1H3,(H2,16,17). The van der Waals surface area contributed by atoms with Crippen LogP contribution in [0.1, 0.15) is 11.1 Å². The fourth-order valence-corrected chi connectivity index (χ4v) is 1.66.